The minimum atomic E-state index is -0.0125. The van der Waals surface area contributed by atoms with Gasteiger partial charge in [0.15, 0.2) is 0 Å². The highest BCUT2D eigenvalue weighted by Crippen LogP contribution is 2.50. The van der Waals surface area contributed by atoms with Crippen LogP contribution in [0, 0.1) is 18.8 Å². The molecule has 1 amide bonds. The van der Waals surface area contributed by atoms with E-state index in [0.717, 1.165) is 28.1 Å². The van der Waals surface area contributed by atoms with Crippen LogP contribution in [0.5, 0.6) is 0 Å². The van der Waals surface area contributed by atoms with E-state index in [0.29, 0.717) is 25.0 Å². The van der Waals surface area contributed by atoms with E-state index >= 15 is 0 Å². The van der Waals surface area contributed by atoms with Gasteiger partial charge in [-0.1, -0.05) is 13.0 Å². The molecule has 8 heteroatoms. The highest BCUT2D eigenvalue weighted by Gasteiger charge is 2.47. The zero-order valence-corrected chi connectivity index (χ0v) is 20.2. The first-order valence-corrected chi connectivity index (χ1v) is 12.0. The summed E-state index contributed by atoms with van der Waals surface area (Å²) >= 11 is 0. The second kappa shape index (κ2) is 9.18. The van der Waals surface area contributed by atoms with Crippen LogP contribution in [0.4, 0.5) is 11.6 Å². The fraction of sp³-hybridized carbons (Fsp3) is 0.462. The summed E-state index contributed by atoms with van der Waals surface area (Å²) in [6.07, 6.45) is 8.03. The Bertz CT molecular complexity index is 1190. The summed E-state index contributed by atoms with van der Waals surface area (Å²) in [7, 11) is 1.69. The van der Waals surface area contributed by atoms with Gasteiger partial charge in [-0.05, 0) is 55.0 Å². The highest BCUT2D eigenvalue weighted by molar-refractivity contribution is 5.94. The quantitative estimate of drug-likeness (QED) is 0.568. The molecule has 0 bridgehead atoms. The number of hydrogen-bond donors (Lipinski definition) is 1. The van der Waals surface area contributed by atoms with Crippen molar-refractivity contribution in [2.24, 2.45) is 11.8 Å². The molecular formula is C26H32N6O2. The van der Waals surface area contributed by atoms with Gasteiger partial charge in [-0.3, -0.25) is 9.48 Å². The number of amides is 1. The van der Waals surface area contributed by atoms with Gasteiger partial charge < -0.3 is 15.0 Å². The molecular weight excluding hydrogens is 428 g/mol. The number of carbonyl (C=O) groups excluding carboxylic acids is 1. The first-order valence-electron chi connectivity index (χ1n) is 12.0. The zero-order valence-electron chi connectivity index (χ0n) is 20.2. The van der Waals surface area contributed by atoms with Gasteiger partial charge in [0, 0.05) is 55.3 Å². The van der Waals surface area contributed by atoms with Crippen LogP contribution in [-0.4, -0.2) is 45.4 Å². The summed E-state index contributed by atoms with van der Waals surface area (Å²) in [6.45, 7) is 7.20. The Morgan fingerprint density at radius 2 is 2.06 bits per heavy atom. The van der Waals surface area contributed by atoms with Crippen LogP contribution < -0.4 is 10.2 Å². The summed E-state index contributed by atoms with van der Waals surface area (Å²) in [4.78, 5) is 24.0. The normalized spacial score (nSPS) is 21.9. The van der Waals surface area contributed by atoms with Crippen LogP contribution in [0.3, 0.4) is 0 Å². The Morgan fingerprint density at radius 3 is 2.76 bits per heavy atom. The Morgan fingerprint density at radius 1 is 1.24 bits per heavy atom. The van der Waals surface area contributed by atoms with Crippen molar-refractivity contribution in [1.82, 2.24) is 19.7 Å². The maximum absolute atomic E-state index is 12.9. The molecule has 0 saturated heterocycles. The topological polar surface area (TPSA) is 85.2 Å². The maximum Gasteiger partial charge on any atom is 0.224 e. The number of nitrogens with zero attached hydrogens (tertiary/aromatic N) is 5. The molecule has 1 aromatic carbocycles. The molecule has 1 aliphatic heterocycles. The molecule has 3 atom stereocenters. The van der Waals surface area contributed by atoms with Gasteiger partial charge in [0.25, 0.3) is 0 Å². The lowest BCUT2D eigenvalue weighted by atomic mass is 9.79. The molecule has 1 saturated carbocycles. The van der Waals surface area contributed by atoms with Gasteiger partial charge in [-0.2, -0.15) is 5.10 Å². The molecule has 0 unspecified atom stereocenters. The van der Waals surface area contributed by atoms with Crippen molar-refractivity contribution in [1.29, 1.82) is 0 Å². The lowest BCUT2D eigenvalue weighted by Crippen LogP contribution is -2.51. The van der Waals surface area contributed by atoms with Crippen molar-refractivity contribution in [2.75, 3.05) is 23.9 Å². The Labute approximate surface area is 200 Å². The van der Waals surface area contributed by atoms with Crippen LogP contribution in [0.1, 0.15) is 44.0 Å². The first kappa shape index (κ1) is 22.5. The lowest BCUT2D eigenvalue weighted by Gasteiger charge is -2.45. The molecule has 0 spiro atoms. The van der Waals surface area contributed by atoms with Gasteiger partial charge in [0.1, 0.15) is 0 Å². The minimum absolute atomic E-state index is 0.0125. The number of anilines is 2. The van der Waals surface area contributed by atoms with Crippen molar-refractivity contribution >= 4 is 17.5 Å². The van der Waals surface area contributed by atoms with Crippen molar-refractivity contribution in [2.45, 2.75) is 52.2 Å². The third-order valence-corrected chi connectivity index (χ3v) is 7.00. The third kappa shape index (κ3) is 4.30. The van der Waals surface area contributed by atoms with Crippen LogP contribution >= 0.6 is 0 Å². The third-order valence-electron chi connectivity index (χ3n) is 7.00. The van der Waals surface area contributed by atoms with Crippen LogP contribution in [-0.2, 0) is 16.1 Å². The molecule has 1 aliphatic carbocycles. The number of rotatable bonds is 7. The molecule has 3 aromatic rings. The van der Waals surface area contributed by atoms with E-state index in [2.05, 4.69) is 45.5 Å². The van der Waals surface area contributed by atoms with Crippen LogP contribution in [0.25, 0.3) is 11.1 Å². The van der Waals surface area contributed by atoms with E-state index in [1.807, 2.05) is 35.0 Å². The molecule has 34 heavy (non-hydrogen) atoms. The zero-order chi connectivity index (χ0) is 23.8. The second-order valence-electron chi connectivity index (χ2n) is 9.48. The smallest absolute Gasteiger partial charge is 0.224 e. The van der Waals surface area contributed by atoms with E-state index in [1.165, 1.54) is 12.8 Å². The van der Waals surface area contributed by atoms with Gasteiger partial charge in [-0.15, -0.1) is 0 Å². The number of carbonyl (C=O) groups is 1. The van der Waals surface area contributed by atoms with Gasteiger partial charge in [0.05, 0.1) is 25.4 Å². The van der Waals surface area contributed by atoms with E-state index < -0.39 is 0 Å². The van der Waals surface area contributed by atoms with Crippen molar-refractivity contribution in [3.8, 4) is 11.1 Å². The van der Waals surface area contributed by atoms with E-state index in [9.17, 15) is 4.79 Å². The van der Waals surface area contributed by atoms with E-state index in [1.54, 1.807) is 20.2 Å². The van der Waals surface area contributed by atoms with Crippen LogP contribution in [0.15, 0.2) is 42.9 Å². The molecule has 2 aliphatic rings. The number of hydrogen-bond acceptors (Lipinski definition) is 6. The monoisotopic (exact) mass is 460 g/mol. The molecule has 178 valence electrons. The number of fused-ring (bicyclic) bond motifs is 1. The molecule has 1 N–H and O–H groups in total. The minimum Gasteiger partial charge on any atom is -0.383 e. The largest absolute Gasteiger partial charge is 0.383 e. The summed E-state index contributed by atoms with van der Waals surface area (Å²) in [6, 6.07) is 8.41. The van der Waals surface area contributed by atoms with E-state index in [-0.39, 0.29) is 23.9 Å². The molecule has 0 radical (unpaired) electrons. The van der Waals surface area contributed by atoms with Crippen molar-refractivity contribution in [3.63, 3.8) is 0 Å². The number of benzene rings is 1. The standard InChI is InChI=1S/C26H32N6O2/c1-16-9-10-27-26(29-16)30-24-17(2)25(19-5-6-19)32(18(3)33)23-8-7-20(13-22(23)24)21-14-28-31(15-21)11-12-34-4/h7-10,13-15,17,19,24-25H,5-6,11-12H2,1-4H3,(H,27,29,30)/t17-,24-,25-/m1/s1. The predicted molar refractivity (Wildman–Crippen MR) is 132 cm³/mol. The van der Waals surface area contributed by atoms with Gasteiger partial charge >= 0.3 is 0 Å². The summed E-state index contributed by atoms with van der Waals surface area (Å²) < 4.78 is 7.07. The van der Waals surface area contributed by atoms with Crippen molar-refractivity contribution in [3.05, 3.63) is 54.1 Å². The maximum atomic E-state index is 12.9. The van der Waals surface area contributed by atoms with Crippen LogP contribution in [0.2, 0.25) is 0 Å². The fourth-order valence-corrected chi connectivity index (χ4v) is 5.22. The van der Waals surface area contributed by atoms with E-state index in [4.69, 9.17) is 4.74 Å². The average Bonchev–Trinajstić information content (AvgIpc) is 3.55. The highest BCUT2D eigenvalue weighted by atomic mass is 16.5. The van der Waals surface area contributed by atoms with Crippen molar-refractivity contribution < 1.29 is 9.53 Å². The summed E-state index contributed by atoms with van der Waals surface area (Å²) in [5.74, 6) is 1.45. The predicted octanol–water partition coefficient (Wildman–Crippen LogP) is 4.23. The number of nitrogens with one attached hydrogen (secondary N) is 1. The lowest BCUT2D eigenvalue weighted by molar-refractivity contribution is -0.117. The molecule has 5 rings (SSSR count). The average molecular weight is 461 g/mol. The van der Waals surface area contributed by atoms with Gasteiger partial charge in [0.2, 0.25) is 11.9 Å². The molecule has 1 fully saturated rings. The number of aryl methyl sites for hydroxylation is 1. The molecule has 8 nitrogen and oxygen atoms in total. The SMILES string of the molecule is COCCn1cc(-c2ccc3c(c2)[C@H](Nc2nccc(C)n2)[C@@H](C)[C@H](C2CC2)N3C(C)=O)cn1. The number of ether oxygens (including phenoxy) is 1. The Balaban J connectivity index is 1.57. The number of aromatic nitrogens is 4. The fourth-order valence-electron chi connectivity index (χ4n) is 5.22. The summed E-state index contributed by atoms with van der Waals surface area (Å²) in [5, 5.41) is 8.09. The van der Waals surface area contributed by atoms with Gasteiger partial charge in [-0.25, -0.2) is 9.97 Å². The first-order chi connectivity index (χ1) is 16.5. The Hall–Kier alpha value is -3.26. The molecule has 3 heterocycles. The Kier molecular flexibility index (Phi) is 6.08. The second-order valence-corrected chi connectivity index (χ2v) is 9.48. The summed E-state index contributed by atoms with van der Waals surface area (Å²) in [5.41, 5.74) is 5.09. The molecule has 2 aromatic heterocycles. The number of methoxy groups -OCH3 is 1.